The van der Waals surface area contributed by atoms with Gasteiger partial charge in [0, 0.05) is 17.0 Å². The number of carbonyl (C=O) groups excluding carboxylic acids is 1. The highest BCUT2D eigenvalue weighted by molar-refractivity contribution is 9.10. The fraction of sp³-hybridized carbons (Fsp3) is 0.143. The van der Waals surface area contributed by atoms with E-state index in [2.05, 4.69) is 52.2 Å². The van der Waals surface area contributed by atoms with Gasteiger partial charge >= 0.3 is 0 Å². The fourth-order valence-corrected chi connectivity index (χ4v) is 4.69. The van der Waals surface area contributed by atoms with E-state index in [1.54, 1.807) is 13.2 Å². The lowest BCUT2D eigenvalue weighted by molar-refractivity contribution is -0.111. The first-order chi connectivity index (χ1) is 16.9. The minimum absolute atomic E-state index is 0.259. The van der Waals surface area contributed by atoms with Crippen LogP contribution in [0.2, 0.25) is 0 Å². The molecule has 0 unspecified atom stereocenters. The maximum atomic E-state index is 12.5. The minimum Gasteiger partial charge on any atom is -0.493 e. The summed E-state index contributed by atoms with van der Waals surface area (Å²) >= 11 is 4.96. The van der Waals surface area contributed by atoms with Crippen LogP contribution >= 0.6 is 27.3 Å². The molecule has 5 nitrogen and oxygen atoms in total. The number of methoxy groups -OCH3 is 1. The summed E-state index contributed by atoms with van der Waals surface area (Å²) in [4.78, 5) is 17.1. The lowest BCUT2D eigenvalue weighted by atomic mass is 10.1. The Labute approximate surface area is 217 Å². The van der Waals surface area contributed by atoms with Gasteiger partial charge in [-0.1, -0.05) is 42.5 Å². The standard InChI is InChI=1S/C28H25BrN2O3S/c1-18-9-11-22(13-19(18)2)24-17-35-28(30-24)31-26(32)12-10-21-14-23(29)27(25(15-21)33-3)34-16-20-7-5-4-6-8-20/h4-15,17H,16H2,1-3H3,(H,30,31,32)/b12-10+. The van der Waals surface area contributed by atoms with Crippen molar-refractivity contribution in [3.8, 4) is 22.8 Å². The first-order valence-corrected chi connectivity index (χ1v) is 12.7. The van der Waals surface area contributed by atoms with Gasteiger partial charge in [0.2, 0.25) is 5.91 Å². The molecule has 0 spiro atoms. The monoisotopic (exact) mass is 548 g/mol. The largest absolute Gasteiger partial charge is 0.493 e. The van der Waals surface area contributed by atoms with E-state index in [1.165, 1.54) is 28.5 Å². The van der Waals surface area contributed by atoms with Crippen LogP contribution in [0.25, 0.3) is 17.3 Å². The van der Waals surface area contributed by atoms with Crippen LogP contribution in [-0.4, -0.2) is 18.0 Å². The molecule has 0 saturated heterocycles. The van der Waals surface area contributed by atoms with Crippen LogP contribution < -0.4 is 14.8 Å². The average molecular weight is 549 g/mol. The summed E-state index contributed by atoms with van der Waals surface area (Å²) in [5.74, 6) is 0.929. The predicted octanol–water partition coefficient (Wildman–Crippen LogP) is 7.43. The predicted molar refractivity (Wildman–Crippen MR) is 146 cm³/mol. The molecule has 1 aromatic heterocycles. The molecule has 0 saturated carbocycles. The molecule has 0 atom stereocenters. The highest BCUT2D eigenvalue weighted by atomic mass is 79.9. The molecule has 0 aliphatic heterocycles. The third kappa shape index (κ3) is 6.38. The normalized spacial score (nSPS) is 11.0. The van der Waals surface area contributed by atoms with Gasteiger partial charge in [0.15, 0.2) is 16.6 Å². The molecule has 3 aromatic carbocycles. The molecule has 7 heteroatoms. The number of carbonyl (C=O) groups is 1. The summed E-state index contributed by atoms with van der Waals surface area (Å²) in [6.07, 6.45) is 3.20. The van der Waals surface area contributed by atoms with Gasteiger partial charge in [-0.2, -0.15) is 0 Å². The zero-order valence-electron chi connectivity index (χ0n) is 19.7. The molecule has 1 amide bonds. The summed E-state index contributed by atoms with van der Waals surface area (Å²) in [5.41, 5.74) is 6.18. The lowest BCUT2D eigenvalue weighted by Crippen LogP contribution is -2.07. The number of anilines is 1. The third-order valence-corrected chi connectivity index (χ3v) is 6.79. The molecule has 35 heavy (non-hydrogen) atoms. The number of amides is 1. The van der Waals surface area contributed by atoms with E-state index < -0.39 is 0 Å². The van der Waals surface area contributed by atoms with Crippen molar-refractivity contribution in [1.29, 1.82) is 0 Å². The van der Waals surface area contributed by atoms with Crippen molar-refractivity contribution in [3.05, 3.63) is 98.8 Å². The highest BCUT2D eigenvalue weighted by Gasteiger charge is 2.12. The number of aromatic nitrogens is 1. The fourth-order valence-electron chi connectivity index (χ4n) is 3.39. The number of halogens is 1. The van der Waals surface area contributed by atoms with E-state index in [9.17, 15) is 4.79 Å². The molecule has 0 fully saturated rings. The molecule has 178 valence electrons. The summed E-state index contributed by atoms with van der Waals surface area (Å²) in [6.45, 7) is 4.58. The molecule has 0 radical (unpaired) electrons. The maximum Gasteiger partial charge on any atom is 0.250 e. The Morgan fingerprint density at radius 1 is 1.09 bits per heavy atom. The Kier molecular flexibility index (Phi) is 8.00. The van der Waals surface area contributed by atoms with E-state index in [0.717, 1.165) is 26.9 Å². The molecular formula is C28H25BrN2O3S. The summed E-state index contributed by atoms with van der Waals surface area (Å²) in [7, 11) is 1.59. The van der Waals surface area contributed by atoms with Crippen molar-refractivity contribution >= 4 is 44.4 Å². The van der Waals surface area contributed by atoms with Crippen LogP contribution in [0.5, 0.6) is 11.5 Å². The average Bonchev–Trinajstić information content (AvgIpc) is 3.32. The minimum atomic E-state index is -0.259. The van der Waals surface area contributed by atoms with Crippen LogP contribution in [0.1, 0.15) is 22.3 Å². The van der Waals surface area contributed by atoms with Gasteiger partial charge in [-0.25, -0.2) is 4.98 Å². The topological polar surface area (TPSA) is 60.5 Å². The number of ether oxygens (including phenoxy) is 2. The van der Waals surface area contributed by atoms with Gasteiger partial charge < -0.3 is 9.47 Å². The van der Waals surface area contributed by atoms with E-state index in [-0.39, 0.29) is 5.91 Å². The lowest BCUT2D eigenvalue weighted by Gasteiger charge is -2.13. The van der Waals surface area contributed by atoms with Crippen molar-refractivity contribution < 1.29 is 14.3 Å². The Morgan fingerprint density at radius 2 is 1.89 bits per heavy atom. The van der Waals surface area contributed by atoms with Crippen LogP contribution in [0.3, 0.4) is 0 Å². The number of aryl methyl sites for hydroxylation is 2. The number of rotatable bonds is 8. The van der Waals surface area contributed by atoms with Crippen molar-refractivity contribution in [1.82, 2.24) is 4.98 Å². The Bertz CT molecular complexity index is 1370. The number of thiazole rings is 1. The van der Waals surface area contributed by atoms with Crippen LogP contribution in [0, 0.1) is 13.8 Å². The molecule has 4 aromatic rings. The zero-order valence-corrected chi connectivity index (χ0v) is 22.1. The number of nitrogens with zero attached hydrogens (tertiary/aromatic N) is 1. The smallest absolute Gasteiger partial charge is 0.250 e. The van der Waals surface area contributed by atoms with E-state index >= 15 is 0 Å². The second-order valence-corrected chi connectivity index (χ2v) is 9.68. The number of nitrogens with one attached hydrogen (secondary N) is 1. The molecule has 0 aliphatic rings. The van der Waals surface area contributed by atoms with Crippen LogP contribution in [-0.2, 0) is 11.4 Å². The number of hydrogen-bond donors (Lipinski definition) is 1. The maximum absolute atomic E-state index is 12.5. The molecule has 1 heterocycles. The van der Waals surface area contributed by atoms with Gasteiger partial charge in [0.1, 0.15) is 6.61 Å². The highest BCUT2D eigenvalue weighted by Crippen LogP contribution is 2.37. The number of hydrogen-bond acceptors (Lipinski definition) is 5. The summed E-state index contributed by atoms with van der Waals surface area (Å²) in [5, 5.41) is 5.33. The van der Waals surface area contributed by atoms with Crippen molar-refractivity contribution in [2.45, 2.75) is 20.5 Å². The Hall–Kier alpha value is -3.42. The van der Waals surface area contributed by atoms with Gasteiger partial charge in [0.25, 0.3) is 0 Å². The molecular weight excluding hydrogens is 524 g/mol. The SMILES string of the molecule is COc1cc(/C=C/C(=O)Nc2nc(-c3ccc(C)c(C)c3)cs2)cc(Br)c1OCc1ccccc1. The number of benzene rings is 3. The van der Waals surface area contributed by atoms with Crippen LogP contribution in [0.15, 0.2) is 76.6 Å². The van der Waals surface area contributed by atoms with Crippen molar-refractivity contribution in [3.63, 3.8) is 0 Å². The van der Waals surface area contributed by atoms with Gasteiger partial charge in [-0.05, 0) is 76.3 Å². The zero-order chi connectivity index (χ0) is 24.8. The Morgan fingerprint density at radius 3 is 2.63 bits per heavy atom. The molecule has 0 aliphatic carbocycles. The summed E-state index contributed by atoms with van der Waals surface area (Å²) < 4.78 is 12.2. The summed E-state index contributed by atoms with van der Waals surface area (Å²) in [6, 6.07) is 19.9. The third-order valence-electron chi connectivity index (χ3n) is 5.44. The van der Waals surface area contributed by atoms with E-state index in [1.807, 2.05) is 53.9 Å². The molecule has 4 rings (SSSR count). The second kappa shape index (κ2) is 11.3. The first-order valence-electron chi connectivity index (χ1n) is 11.0. The van der Waals surface area contributed by atoms with Gasteiger partial charge in [-0.3, -0.25) is 10.1 Å². The quantitative estimate of drug-likeness (QED) is 0.232. The first kappa shape index (κ1) is 24.7. The molecule has 1 N–H and O–H groups in total. The van der Waals surface area contributed by atoms with Gasteiger partial charge in [-0.15, -0.1) is 11.3 Å². The van der Waals surface area contributed by atoms with Crippen molar-refractivity contribution in [2.75, 3.05) is 12.4 Å². The van der Waals surface area contributed by atoms with E-state index in [0.29, 0.717) is 23.2 Å². The van der Waals surface area contributed by atoms with Crippen molar-refractivity contribution in [2.24, 2.45) is 0 Å². The molecule has 0 bridgehead atoms. The Balaban J connectivity index is 1.42. The van der Waals surface area contributed by atoms with Crippen LogP contribution in [0.4, 0.5) is 5.13 Å². The second-order valence-electron chi connectivity index (χ2n) is 7.97. The van der Waals surface area contributed by atoms with E-state index in [4.69, 9.17) is 9.47 Å². The van der Waals surface area contributed by atoms with Gasteiger partial charge in [0.05, 0.1) is 17.3 Å².